The van der Waals surface area contributed by atoms with Gasteiger partial charge in [0.25, 0.3) is 0 Å². The van der Waals surface area contributed by atoms with Crippen molar-refractivity contribution in [2.45, 2.75) is 38.1 Å². The van der Waals surface area contributed by atoms with Crippen LogP contribution in [0, 0.1) is 0 Å². The normalized spacial score (nSPS) is 15.4. The quantitative estimate of drug-likeness (QED) is 0.635. The molecule has 1 N–H and O–H groups in total. The molecule has 6 nitrogen and oxygen atoms in total. The summed E-state index contributed by atoms with van der Waals surface area (Å²) in [4.78, 5) is 27.4. The van der Waals surface area contributed by atoms with Gasteiger partial charge in [-0.3, -0.25) is 9.59 Å². The van der Waals surface area contributed by atoms with Crippen LogP contribution in [0.25, 0.3) is 6.08 Å². The molecule has 0 bridgehead atoms. The number of hydrogen-bond acceptors (Lipinski definition) is 4. The van der Waals surface area contributed by atoms with Crippen LogP contribution >= 0.6 is 0 Å². The Hall–Kier alpha value is -3.28. The van der Waals surface area contributed by atoms with Gasteiger partial charge in [-0.15, -0.1) is 0 Å². The van der Waals surface area contributed by atoms with Gasteiger partial charge in [0, 0.05) is 36.8 Å². The van der Waals surface area contributed by atoms with E-state index in [0.717, 1.165) is 30.4 Å². The minimum Gasteiger partial charge on any atom is -0.497 e. The van der Waals surface area contributed by atoms with Crippen LogP contribution < -0.4 is 14.8 Å². The highest BCUT2D eigenvalue weighted by Gasteiger charge is 2.28. The lowest BCUT2D eigenvalue weighted by molar-refractivity contribution is -0.134. The van der Waals surface area contributed by atoms with Gasteiger partial charge in [0.2, 0.25) is 11.8 Å². The summed E-state index contributed by atoms with van der Waals surface area (Å²) < 4.78 is 10.6. The standard InChI is InChI=1S/C26H32N2O4/c1-4-23(19-8-6-5-7-9-19)26(30)28-16-14-21(15-17-28)27-25(29)13-11-20-10-12-22(31-2)18-24(20)32-3/h5-13,18,21,23H,4,14-17H2,1-3H3,(H,27,29). The number of rotatable bonds is 8. The van der Waals surface area contributed by atoms with E-state index in [0.29, 0.717) is 24.6 Å². The number of carbonyl (C=O) groups is 2. The lowest BCUT2D eigenvalue weighted by Gasteiger charge is -2.34. The first-order chi connectivity index (χ1) is 15.5. The molecule has 1 fully saturated rings. The summed E-state index contributed by atoms with van der Waals surface area (Å²) in [6, 6.07) is 15.5. The number of methoxy groups -OCH3 is 2. The van der Waals surface area contributed by atoms with Crippen LogP contribution in [-0.2, 0) is 9.59 Å². The summed E-state index contributed by atoms with van der Waals surface area (Å²) in [5.41, 5.74) is 1.87. The molecule has 32 heavy (non-hydrogen) atoms. The highest BCUT2D eigenvalue weighted by atomic mass is 16.5. The lowest BCUT2D eigenvalue weighted by Crippen LogP contribution is -2.47. The van der Waals surface area contributed by atoms with Crippen molar-refractivity contribution in [1.29, 1.82) is 0 Å². The maximum atomic E-state index is 13.0. The second-order valence-electron chi connectivity index (χ2n) is 7.92. The molecule has 1 heterocycles. The van der Waals surface area contributed by atoms with Crippen molar-refractivity contribution in [3.05, 3.63) is 65.7 Å². The molecule has 2 aromatic rings. The molecule has 1 aliphatic rings. The van der Waals surface area contributed by atoms with Crippen LogP contribution in [0.2, 0.25) is 0 Å². The van der Waals surface area contributed by atoms with Gasteiger partial charge < -0.3 is 19.7 Å². The number of benzene rings is 2. The Kier molecular flexibility index (Phi) is 8.31. The van der Waals surface area contributed by atoms with Crippen LogP contribution in [0.1, 0.15) is 43.2 Å². The van der Waals surface area contributed by atoms with E-state index in [1.807, 2.05) is 54.3 Å². The summed E-state index contributed by atoms with van der Waals surface area (Å²) in [6.07, 6.45) is 5.53. The van der Waals surface area contributed by atoms with E-state index in [1.54, 1.807) is 26.4 Å². The predicted molar refractivity (Wildman–Crippen MR) is 126 cm³/mol. The number of carbonyl (C=O) groups excluding carboxylic acids is 2. The number of amides is 2. The van der Waals surface area contributed by atoms with Crippen molar-refractivity contribution in [3.8, 4) is 11.5 Å². The summed E-state index contributed by atoms with van der Waals surface area (Å²) in [5, 5.41) is 3.05. The molecule has 6 heteroatoms. The van der Waals surface area contributed by atoms with E-state index >= 15 is 0 Å². The Bertz CT molecular complexity index is 934. The number of hydrogen-bond donors (Lipinski definition) is 1. The second-order valence-corrected chi connectivity index (χ2v) is 7.92. The van der Waals surface area contributed by atoms with E-state index in [2.05, 4.69) is 5.32 Å². The van der Waals surface area contributed by atoms with Crippen LogP contribution in [0.4, 0.5) is 0 Å². The summed E-state index contributed by atoms with van der Waals surface area (Å²) in [7, 11) is 3.18. The fourth-order valence-corrected chi connectivity index (χ4v) is 4.07. The molecule has 2 aromatic carbocycles. The van der Waals surface area contributed by atoms with E-state index in [9.17, 15) is 9.59 Å². The first kappa shape index (κ1) is 23.4. The smallest absolute Gasteiger partial charge is 0.244 e. The van der Waals surface area contributed by atoms with E-state index < -0.39 is 0 Å². The maximum Gasteiger partial charge on any atom is 0.244 e. The highest BCUT2D eigenvalue weighted by Crippen LogP contribution is 2.26. The van der Waals surface area contributed by atoms with Gasteiger partial charge >= 0.3 is 0 Å². The molecule has 0 radical (unpaired) electrons. The SMILES string of the molecule is CCC(C(=O)N1CCC(NC(=O)C=Cc2ccc(OC)cc2OC)CC1)c1ccccc1. The van der Waals surface area contributed by atoms with Crippen molar-refractivity contribution < 1.29 is 19.1 Å². The third-order valence-electron chi connectivity index (χ3n) is 5.92. The van der Waals surface area contributed by atoms with E-state index in [1.165, 1.54) is 6.08 Å². The molecular weight excluding hydrogens is 404 g/mol. The monoisotopic (exact) mass is 436 g/mol. The second kappa shape index (κ2) is 11.4. The van der Waals surface area contributed by atoms with Gasteiger partial charge in [0.1, 0.15) is 11.5 Å². The summed E-state index contributed by atoms with van der Waals surface area (Å²) in [6.45, 7) is 3.36. The van der Waals surface area contributed by atoms with Crippen molar-refractivity contribution in [2.24, 2.45) is 0 Å². The van der Waals surface area contributed by atoms with Gasteiger partial charge in [0.05, 0.1) is 20.1 Å². The molecule has 1 unspecified atom stereocenters. The minimum absolute atomic E-state index is 0.0609. The first-order valence-electron chi connectivity index (χ1n) is 11.1. The van der Waals surface area contributed by atoms with Gasteiger partial charge in [-0.05, 0) is 43.0 Å². The Morgan fingerprint density at radius 1 is 1.09 bits per heavy atom. The zero-order valence-corrected chi connectivity index (χ0v) is 19.0. The number of ether oxygens (including phenoxy) is 2. The predicted octanol–water partition coefficient (Wildman–Crippen LogP) is 4.02. The van der Waals surface area contributed by atoms with Gasteiger partial charge in [-0.25, -0.2) is 0 Å². The topological polar surface area (TPSA) is 67.9 Å². The third-order valence-corrected chi connectivity index (χ3v) is 5.92. The van der Waals surface area contributed by atoms with Crippen molar-refractivity contribution in [1.82, 2.24) is 10.2 Å². The average Bonchev–Trinajstić information content (AvgIpc) is 2.84. The average molecular weight is 437 g/mol. The first-order valence-corrected chi connectivity index (χ1v) is 11.1. The Balaban J connectivity index is 1.52. The molecule has 170 valence electrons. The molecule has 0 aliphatic carbocycles. The Labute approximate surface area is 190 Å². The molecule has 1 atom stereocenters. The Morgan fingerprint density at radius 3 is 2.44 bits per heavy atom. The zero-order valence-electron chi connectivity index (χ0n) is 19.0. The number of piperidine rings is 1. The van der Waals surface area contributed by atoms with Crippen molar-refractivity contribution >= 4 is 17.9 Å². The zero-order chi connectivity index (χ0) is 22.9. The maximum absolute atomic E-state index is 13.0. The molecule has 3 rings (SSSR count). The number of nitrogens with zero attached hydrogens (tertiary/aromatic N) is 1. The molecule has 2 amide bonds. The van der Waals surface area contributed by atoms with Crippen molar-refractivity contribution in [2.75, 3.05) is 27.3 Å². The molecular formula is C26H32N2O4. The number of likely N-dealkylation sites (tertiary alicyclic amines) is 1. The lowest BCUT2D eigenvalue weighted by atomic mass is 9.93. The fourth-order valence-electron chi connectivity index (χ4n) is 4.07. The molecule has 1 saturated heterocycles. The van der Waals surface area contributed by atoms with Crippen LogP contribution in [-0.4, -0.2) is 50.1 Å². The van der Waals surface area contributed by atoms with E-state index in [-0.39, 0.29) is 23.8 Å². The minimum atomic E-state index is -0.150. The molecule has 0 spiro atoms. The highest BCUT2D eigenvalue weighted by molar-refractivity contribution is 5.92. The van der Waals surface area contributed by atoms with Gasteiger partial charge in [-0.1, -0.05) is 37.3 Å². The Morgan fingerprint density at radius 2 is 1.81 bits per heavy atom. The fraction of sp³-hybridized carbons (Fsp3) is 0.385. The van der Waals surface area contributed by atoms with Crippen molar-refractivity contribution in [3.63, 3.8) is 0 Å². The molecule has 0 aromatic heterocycles. The largest absolute Gasteiger partial charge is 0.497 e. The summed E-state index contributed by atoms with van der Waals surface area (Å²) >= 11 is 0. The summed E-state index contributed by atoms with van der Waals surface area (Å²) in [5.74, 6) is 1.26. The molecule has 1 aliphatic heterocycles. The van der Waals surface area contributed by atoms with Crippen LogP contribution in [0.3, 0.4) is 0 Å². The van der Waals surface area contributed by atoms with E-state index in [4.69, 9.17) is 9.47 Å². The van der Waals surface area contributed by atoms with Crippen LogP contribution in [0.5, 0.6) is 11.5 Å². The van der Waals surface area contributed by atoms with Gasteiger partial charge in [0.15, 0.2) is 0 Å². The van der Waals surface area contributed by atoms with Crippen LogP contribution in [0.15, 0.2) is 54.6 Å². The molecule has 0 saturated carbocycles. The number of nitrogens with one attached hydrogen (secondary N) is 1. The third kappa shape index (κ3) is 5.90. The van der Waals surface area contributed by atoms with Gasteiger partial charge in [-0.2, -0.15) is 0 Å².